The van der Waals surface area contributed by atoms with Crippen LogP contribution in [0.3, 0.4) is 0 Å². The number of thiophene rings is 1. The zero-order valence-electron chi connectivity index (χ0n) is 16.0. The van der Waals surface area contributed by atoms with Crippen LogP contribution in [0, 0.1) is 0 Å². The number of benzene rings is 1. The van der Waals surface area contributed by atoms with E-state index in [9.17, 15) is 23.1 Å². The van der Waals surface area contributed by atoms with Crippen molar-refractivity contribution < 1.29 is 27.9 Å². The van der Waals surface area contributed by atoms with E-state index in [0.717, 1.165) is 10.9 Å². The zero-order valence-corrected chi connectivity index (χ0v) is 19.2. The van der Waals surface area contributed by atoms with Crippen molar-refractivity contribution in [3.63, 3.8) is 0 Å². The van der Waals surface area contributed by atoms with Crippen LogP contribution in [0.15, 0.2) is 40.6 Å². The van der Waals surface area contributed by atoms with Gasteiger partial charge in [-0.1, -0.05) is 29.3 Å². The standard InChI is InChI=1S/C18H20Cl2N2O6S2/c1-11(23)17(21-30(26,27)13-5-6-14(19)15(20)8-13)18(25)28-10-16(24)22(2)9-12-4-3-7-29-12/h3-8,11,17,21,23H,9-10H2,1-2H3/t11-,17+/m1/s1. The lowest BCUT2D eigenvalue weighted by molar-refractivity contribution is -0.155. The average Bonchev–Trinajstić information content (AvgIpc) is 3.18. The van der Waals surface area contributed by atoms with E-state index in [1.165, 1.54) is 35.3 Å². The molecular formula is C18H20Cl2N2O6S2. The number of carbonyl (C=O) groups is 2. The Balaban J connectivity index is 2.01. The first-order valence-corrected chi connectivity index (χ1v) is 11.7. The van der Waals surface area contributed by atoms with Crippen LogP contribution in [0.4, 0.5) is 0 Å². The molecule has 0 fully saturated rings. The van der Waals surface area contributed by atoms with Crippen LogP contribution < -0.4 is 4.72 Å². The fourth-order valence-corrected chi connectivity index (χ4v) is 4.68. The fraction of sp³-hybridized carbons (Fsp3) is 0.333. The van der Waals surface area contributed by atoms with Gasteiger partial charge < -0.3 is 14.7 Å². The van der Waals surface area contributed by atoms with Crippen molar-refractivity contribution in [3.05, 3.63) is 50.6 Å². The number of nitrogens with zero attached hydrogens (tertiary/aromatic N) is 1. The number of esters is 1. The van der Waals surface area contributed by atoms with Crippen molar-refractivity contribution in [3.8, 4) is 0 Å². The molecule has 0 spiro atoms. The molecule has 0 saturated carbocycles. The molecule has 0 bridgehead atoms. The largest absolute Gasteiger partial charge is 0.454 e. The van der Waals surface area contributed by atoms with Crippen molar-refractivity contribution >= 4 is 56.4 Å². The molecule has 30 heavy (non-hydrogen) atoms. The van der Waals surface area contributed by atoms with Gasteiger partial charge in [-0.2, -0.15) is 4.72 Å². The van der Waals surface area contributed by atoms with E-state index in [4.69, 9.17) is 27.9 Å². The Kier molecular flexibility index (Phi) is 8.65. The van der Waals surface area contributed by atoms with Crippen LogP contribution >= 0.6 is 34.5 Å². The van der Waals surface area contributed by atoms with Gasteiger partial charge in [-0.25, -0.2) is 8.42 Å². The summed E-state index contributed by atoms with van der Waals surface area (Å²) in [6, 6.07) is 5.69. The highest BCUT2D eigenvalue weighted by molar-refractivity contribution is 7.89. The van der Waals surface area contributed by atoms with Gasteiger partial charge in [0.05, 0.1) is 27.6 Å². The number of halogens is 2. The molecule has 12 heteroatoms. The number of hydrogen-bond donors (Lipinski definition) is 2. The molecule has 0 saturated heterocycles. The van der Waals surface area contributed by atoms with Crippen molar-refractivity contribution in [1.82, 2.24) is 9.62 Å². The third-order valence-electron chi connectivity index (χ3n) is 3.96. The van der Waals surface area contributed by atoms with Crippen LogP contribution in [0.25, 0.3) is 0 Å². The number of ether oxygens (including phenoxy) is 1. The molecule has 0 aliphatic carbocycles. The molecule has 2 rings (SSSR count). The number of likely N-dealkylation sites (N-methyl/N-ethyl adjacent to an activating group) is 1. The molecule has 0 unspecified atom stereocenters. The predicted molar refractivity (Wildman–Crippen MR) is 114 cm³/mol. The predicted octanol–water partition coefficient (Wildman–Crippen LogP) is 2.28. The molecule has 0 aliphatic rings. The van der Waals surface area contributed by atoms with E-state index in [1.807, 2.05) is 17.5 Å². The van der Waals surface area contributed by atoms with E-state index in [2.05, 4.69) is 4.72 Å². The normalized spacial score (nSPS) is 13.5. The van der Waals surface area contributed by atoms with Crippen LogP contribution in [-0.2, 0) is 30.9 Å². The third-order valence-corrected chi connectivity index (χ3v) is 7.00. The second-order valence-electron chi connectivity index (χ2n) is 6.35. The van der Waals surface area contributed by atoms with Crippen LogP contribution in [-0.4, -0.2) is 56.1 Å². The monoisotopic (exact) mass is 494 g/mol. The highest BCUT2D eigenvalue weighted by atomic mass is 35.5. The Morgan fingerprint density at radius 3 is 2.53 bits per heavy atom. The van der Waals surface area contributed by atoms with Gasteiger partial charge in [0, 0.05) is 11.9 Å². The summed E-state index contributed by atoms with van der Waals surface area (Å²) >= 11 is 13.1. The number of amides is 1. The molecule has 8 nitrogen and oxygen atoms in total. The molecule has 1 aromatic heterocycles. The summed E-state index contributed by atoms with van der Waals surface area (Å²) in [5, 5.41) is 11.9. The molecule has 1 aromatic carbocycles. The Morgan fingerprint density at radius 1 is 1.27 bits per heavy atom. The molecule has 2 N–H and O–H groups in total. The number of carbonyl (C=O) groups excluding carboxylic acids is 2. The average molecular weight is 495 g/mol. The van der Waals surface area contributed by atoms with Crippen LogP contribution in [0.1, 0.15) is 11.8 Å². The van der Waals surface area contributed by atoms with E-state index < -0.39 is 40.7 Å². The van der Waals surface area contributed by atoms with Gasteiger partial charge >= 0.3 is 5.97 Å². The summed E-state index contributed by atoms with van der Waals surface area (Å²) in [6.07, 6.45) is -1.42. The van der Waals surface area contributed by atoms with Crippen molar-refractivity contribution in [2.45, 2.75) is 30.5 Å². The minimum absolute atomic E-state index is 0.00934. The SMILES string of the molecule is C[C@@H](O)[C@H](NS(=O)(=O)c1ccc(Cl)c(Cl)c1)C(=O)OCC(=O)N(C)Cc1cccs1. The molecular weight excluding hydrogens is 475 g/mol. The summed E-state index contributed by atoms with van der Waals surface area (Å²) in [4.78, 5) is 26.6. The number of nitrogens with one attached hydrogen (secondary N) is 1. The van der Waals surface area contributed by atoms with E-state index >= 15 is 0 Å². The van der Waals surface area contributed by atoms with Crippen LogP contribution in [0.2, 0.25) is 10.0 Å². The summed E-state index contributed by atoms with van der Waals surface area (Å²) in [6.45, 7) is 0.963. The number of aliphatic hydroxyl groups excluding tert-OH is 1. The van der Waals surface area contributed by atoms with Gasteiger partial charge in [0.25, 0.3) is 5.91 Å². The molecule has 1 amide bonds. The fourth-order valence-electron chi connectivity index (χ4n) is 2.28. The molecule has 2 aromatic rings. The first-order chi connectivity index (χ1) is 14.0. The van der Waals surface area contributed by atoms with Gasteiger partial charge in [-0.3, -0.25) is 9.59 Å². The summed E-state index contributed by atoms with van der Waals surface area (Å²) in [5.41, 5.74) is 0. The highest BCUT2D eigenvalue weighted by Gasteiger charge is 2.31. The third kappa shape index (κ3) is 6.66. The number of aliphatic hydroxyl groups is 1. The van der Waals surface area contributed by atoms with Gasteiger partial charge in [0.15, 0.2) is 6.61 Å². The minimum atomic E-state index is -4.23. The van der Waals surface area contributed by atoms with Crippen molar-refractivity contribution in [1.29, 1.82) is 0 Å². The molecule has 164 valence electrons. The first kappa shape index (κ1) is 24.6. The number of rotatable bonds is 9. The van der Waals surface area contributed by atoms with Gasteiger partial charge in [-0.05, 0) is 36.6 Å². The van der Waals surface area contributed by atoms with E-state index in [0.29, 0.717) is 6.54 Å². The zero-order chi connectivity index (χ0) is 22.5. The molecule has 1 heterocycles. The van der Waals surface area contributed by atoms with Gasteiger partial charge in [0.2, 0.25) is 10.0 Å². The molecule has 0 aliphatic heterocycles. The maximum absolute atomic E-state index is 12.5. The van der Waals surface area contributed by atoms with E-state index in [-0.39, 0.29) is 14.9 Å². The Hall–Kier alpha value is -1.69. The lowest BCUT2D eigenvalue weighted by Crippen LogP contribution is -2.49. The highest BCUT2D eigenvalue weighted by Crippen LogP contribution is 2.25. The second-order valence-corrected chi connectivity index (χ2v) is 9.91. The molecule has 0 radical (unpaired) electrons. The Labute approximate surface area is 188 Å². The lowest BCUT2D eigenvalue weighted by Gasteiger charge is -2.21. The summed E-state index contributed by atoms with van der Waals surface area (Å²) in [5.74, 6) is -1.57. The maximum Gasteiger partial charge on any atom is 0.327 e. The summed E-state index contributed by atoms with van der Waals surface area (Å²) < 4.78 is 32.1. The number of hydrogen-bond acceptors (Lipinski definition) is 7. The van der Waals surface area contributed by atoms with E-state index in [1.54, 1.807) is 7.05 Å². The minimum Gasteiger partial charge on any atom is -0.454 e. The Morgan fingerprint density at radius 2 is 1.97 bits per heavy atom. The lowest BCUT2D eigenvalue weighted by atomic mass is 10.2. The van der Waals surface area contributed by atoms with Gasteiger partial charge in [-0.15, -0.1) is 11.3 Å². The molecule has 2 atom stereocenters. The van der Waals surface area contributed by atoms with Crippen molar-refractivity contribution in [2.24, 2.45) is 0 Å². The van der Waals surface area contributed by atoms with Gasteiger partial charge in [0.1, 0.15) is 6.04 Å². The number of sulfonamides is 1. The smallest absolute Gasteiger partial charge is 0.327 e. The topological polar surface area (TPSA) is 113 Å². The Bertz CT molecular complexity index is 996. The second kappa shape index (κ2) is 10.6. The maximum atomic E-state index is 12.5. The van der Waals surface area contributed by atoms with Crippen LogP contribution in [0.5, 0.6) is 0 Å². The quantitative estimate of drug-likeness (QED) is 0.517. The summed E-state index contributed by atoms with van der Waals surface area (Å²) in [7, 11) is -2.68. The first-order valence-electron chi connectivity index (χ1n) is 8.59. The van der Waals surface area contributed by atoms with Crippen molar-refractivity contribution in [2.75, 3.05) is 13.7 Å².